The molecule has 1 heterocycles. The molecule has 0 aromatic carbocycles. The van der Waals surface area contributed by atoms with Gasteiger partial charge in [0.25, 0.3) is 5.91 Å². The summed E-state index contributed by atoms with van der Waals surface area (Å²) >= 11 is 4.81. The fourth-order valence-electron chi connectivity index (χ4n) is 1.26. The number of hydrogen-bond donors (Lipinski definition) is 2. The van der Waals surface area contributed by atoms with E-state index in [0.29, 0.717) is 11.4 Å². The van der Waals surface area contributed by atoms with E-state index in [4.69, 9.17) is 0 Å². The molecule has 7 heteroatoms. The normalized spacial score (nSPS) is 11.2. The van der Waals surface area contributed by atoms with Crippen molar-refractivity contribution in [2.24, 2.45) is 7.05 Å². The van der Waals surface area contributed by atoms with Gasteiger partial charge in [0.15, 0.2) is 0 Å². The van der Waals surface area contributed by atoms with Crippen LogP contribution >= 0.6 is 27.7 Å². The number of aryl methyl sites for hydroxylation is 1. The molecule has 1 aromatic heterocycles. The van der Waals surface area contributed by atoms with Crippen LogP contribution < -0.4 is 10.9 Å². The monoisotopic (exact) mass is 347 g/mol. The van der Waals surface area contributed by atoms with Crippen molar-refractivity contribution in [2.75, 3.05) is 5.75 Å². The van der Waals surface area contributed by atoms with Crippen LogP contribution in [0.15, 0.2) is 16.7 Å². The summed E-state index contributed by atoms with van der Waals surface area (Å²) in [5.74, 6) is -0.260. The molecule has 19 heavy (non-hydrogen) atoms. The number of carbonyl (C=O) groups excluding carboxylic acids is 2. The number of rotatable bonds is 3. The first-order chi connectivity index (χ1) is 8.69. The number of hydrazine groups is 1. The smallest absolute Gasteiger partial charge is 0.286 e. The molecule has 0 saturated heterocycles. The van der Waals surface area contributed by atoms with E-state index in [1.54, 1.807) is 23.9 Å². The first kappa shape index (κ1) is 16.1. The Morgan fingerprint density at radius 2 is 2.00 bits per heavy atom. The minimum absolute atomic E-state index is 0.0182. The van der Waals surface area contributed by atoms with Crippen LogP contribution in [0.2, 0.25) is 0 Å². The molecule has 2 N–H and O–H groups in total. The molecule has 0 unspecified atom stereocenters. The lowest BCUT2D eigenvalue weighted by Crippen LogP contribution is -2.43. The van der Waals surface area contributed by atoms with Gasteiger partial charge in [0.2, 0.25) is 5.91 Å². The fourth-order valence-corrected chi connectivity index (χ4v) is 2.42. The molecule has 0 aliphatic rings. The highest BCUT2D eigenvalue weighted by molar-refractivity contribution is 9.10. The first-order valence-electron chi connectivity index (χ1n) is 5.74. The predicted octanol–water partition coefficient (Wildman–Crippen LogP) is 2.08. The molecule has 2 amide bonds. The quantitative estimate of drug-likeness (QED) is 0.822. The van der Waals surface area contributed by atoms with Gasteiger partial charge in [-0.05, 0) is 22.0 Å². The Kier molecular flexibility index (Phi) is 5.49. The third-order valence-corrected chi connectivity index (χ3v) is 3.86. The topological polar surface area (TPSA) is 63.1 Å². The molecule has 1 rings (SSSR count). The Morgan fingerprint density at radius 1 is 1.37 bits per heavy atom. The highest BCUT2D eigenvalue weighted by Crippen LogP contribution is 2.22. The molecular weight excluding hydrogens is 330 g/mol. The zero-order valence-electron chi connectivity index (χ0n) is 11.4. The fraction of sp³-hybridized carbons (Fsp3) is 0.500. The van der Waals surface area contributed by atoms with Crippen molar-refractivity contribution in [1.29, 1.82) is 0 Å². The van der Waals surface area contributed by atoms with E-state index < -0.39 is 0 Å². The highest BCUT2D eigenvalue weighted by Gasteiger charge is 2.15. The van der Waals surface area contributed by atoms with E-state index in [0.717, 1.165) is 4.47 Å². The van der Waals surface area contributed by atoms with Crippen molar-refractivity contribution < 1.29 is 9.59 Å². The summed E-state index contributed by atoms with van der Waals surface area (Å²) in [4.78, 5) is 23.4. The van der Waals surface area contributed by atoms with Gasteiger partial charge in [-0.25, -0.2) is 0 Å². The predicted molar refractivity (Wildman–Crippen MR) is 80.9 cm³/mol. The lowest BCUT2D eigenvalue weighted by Gasteiger charge is -2.17. The SMILES string of the molecule is Cn1cc(Br)cc1C(=O)NNC(=O)CSC(C)(C)C. The van der Waals surface area contributed by atoms with Gasteiger partial charge in [-0.3, -0.25) is 20.4 Å². The van der Waals surface area contributed by atoms with Crippen molar-refractivity contribution >= 4 is 39.5 Å². The standard InChI is InChI=1S/C12H18BrN3O2S/c1-12(2,3)19-7-10(17)14-15-11(18)9-5-8(13)6-16(9)4/h5-6H,7H2,1-4H3,(H,14,17)(H,15,18). The molecular formula is C12H18BrN3O2S. The molecule has 0 radical (unpaired) electrons. The molecule has 0 aliphatic heterocycles. The van der Waals surface area contributed by atoms with Gasteiger partial charge in [-0.15, -0.1) is 11.8 Å². The van der Waals surface area contributed by atoms with E-state index in [1.165, 1.54) is 11.8 Å². The summed E-state index contributed by atoms with van der Waals surface area (Å²) in [5.41, 5.74) is 5.27. The second-order valence-corrected chi connectivity index (χ2v) is 7.78. The van der Waals surface area contributed by atoms with E-state index in [9.17, 15) is 9.59 Å². The van der Waals surface area contributed by atoms with E-state index in [2.05, 4.69) is 26.8 Å². The van der Waals surface area contributed by atoms with Crippen LogP contribution in [0.4, 0.5) is 0 Å². The van der Waals surface area contributed by atoms with Crippen LogP contribution in [-0.2, 0) is 11.8 Å². The van der Waals surface area contributed by atoms with Crippen LogP contribution in [0.25, 0.3) is 0 Å². The minimum atomic E-state index is -0.345. The molecule has 0 bridgehead atoms. The number of aromatic nitrogens is 1. The van der Waals surface area contributed by atoms with Crippen LogP contribution in [0, 0.1) is 0 Å². The molecule has 1 aromatic rings. The first-order valence-corrected chi connectivity index (χ1v) is 7.52. The third-order valence-electron chi connectivity index (χ3n) is 2.16. The van der Waals surface area contributed by atoms with Crippen molar-refractivity contribution in [2.45, 2.75) is 25.5 Å². The Balaban J connectivity index is 2.42. The lowest BCUT2D eigenvalue weighted by atomic mass is 10.3. The zero-order chi connectivity index (χ0) is 14.6. The average Bonchev–Trinajstić information content (AvgIpc) is 2.61. The van der Waals surface area contributed by atoms with Crippen LogP contribution in [0.5, 0.6) is 0 Å². The van der Waals surface area contributed by atoms with Gasteiger partial charge >= 0.3 is 0 Å². The van der Waals surface area contributed by atoms with Crippen molar-refractivity contribution in [1.82, 2.24) is 15.4 Å². The summed E-state index contributed by atoms with van der Waals surface area (Å²) in [7, 11) is 1.76. The third kappa shape index (κ3) is 5.69. The average molecular weight is 348 g/mol. The van der Waals surface area contributed by atoms with Crippen LogP contribution in [-0.4, -0.2) is 26.9 Å². The summed E-state index contributed by atoms with van der Waals surface area (Å²) in [6.07, 6.45) is 1.77. The Hall–Kier alpha value is -0.950. The van der Waals surface area contributed by atoms with Crippen molar-refractivity contribution in [3.05, 3.63) is 22.4 Å². The molecule has 106 valence electrons. The Morgan fingerprint density at radius 3 is 2.47 bits per heavy atom. The van der Waals surface area contributed by atoms with E-state index in [1.807, 2.05) is 20.8 Å². The number of amides is 2. The van der Waals surface area contributed by atoms with E-state index in [-0.39, 0.29) is 16.6 Å². The number of nitrogens with zero attached hydrogens (tertiary/aromatic N) is 1. The van der Waals surface area contributed by atoms with Gasteiger partial charge in [0, 0.05) is 22.5 Å². The molecule has 0 spiro atoms. The van der Waals surface area contributed by atoms with Gasteiger partial charge in [0.1, 0.15) is 5.69 Å². The van der Waals surface area contributed by atoms with Gasteiger partial charge < -0.3 is 4.57 Å². The van der Waals surface area contributed by atoms with Crippen molar-refractivity contribution in [3.63, 3.8) is 0 Å². The lowest BCUT2D eigenvalue weighted by molar-refractivity contribution is -0.119. The number of thioether (sulfide) groups is 1. The molecule has 5 nitrogen and oxygen atoms in total. The molecule has 0 aliphatic carbocycles. The summed E-state index contributed by atoms with van der Waals surface area (Å²) in [5, 5.41) is 0. The van der Waals surface area contributed by atoms with Crippen LogP contribution in [0.1, 0.15) is 31.3 Å². The number of carbonyl (C=O) groups is 2. The zero-order valence-corrected chi connectivity index (χ0v) is 13.8. The summed E-state index contributed by atoms with van der Waals surface area (Å²) in [6, 6.07) is 1.69. The molecule has 0 saturated carbocycles. The van der Waals surface area contributed by atoms with Gasteiger partial charge in [0.05, 0.1) is 5.75 Å². The molecule has 0 fully saturated rings. The van der Waals surface area contributed by atoms with Gasteiger partial charge in [-0.1, -0.05) is 20.8 Å². The number of halogens is 1. The summed E-state index contributed by atoms with van der Waals surface area (Å²) in [6.45, 7) is 6.10. The van der Waals surface area contributed by atoms with Gasteiger partial charge in [-0.2, -0.15) is 0 Å². The Labute approximate surface area is 125 Å². The van der Waals surface area contributed by atoms with Crippen molar-refractivity contribution in [3.8, 4) is 0 Å². The van der Waals surface area contributed by atoms with Crippen LogP contribution in [0.3, 0.4) is 0 Å². The second kappa shape index (κ2) is 6.47. The minimum Gasteiger partial charge on any atom is -0.345 e. The largest absolute Gasteiger partial charge is 0.345 e. The maximum Gasteiger partial charge on any atom is 0.286 e. The summed E-state index contributed by atoms with van der Waals surface area (Å²) < 4.78 is 2.51. The maximum absolute atomic E-state index is 11.8. The van der Waals surface area contributed by atoms with E-state index >= 15 is 0 Å². The highest BCUT2D eigenvalue weighted by atomic mass is 79.9. The second-order valence-electron chi connectivity index (χ2n) is 5.06. The number of nitrogens with one attached hydrogen (secondary N) is 2. The number of hydrogen-bond acceptors (Lipinski definition) is 3. The Bertz CT molecular complexity index is 480. The maximum atomic E-state index is 11.8. The molecule has 0 atom stereocenters.